The summed E-state index contributed by atoms with van der Waals surface area (Å²) in [6, 6.07) is 12.7. The van der Waals surface area contributed by atoms with Gasteiger partial charge in [-0.2, -0.15) is 13.2 Å². The number of nitrogens with one attached hydrogen (secondary N) is 2. The van der Waals surface area contributed by atoms with Crippen LogP contribution < -0.4 is 10.6 Å². The van der Waals surface area contributed by atoms with Gasteiger partial charge in [0, 0.05) is 11.6 Å². The number of halogens is 4. The third kappa shape index (κ3) is 4.80. The van der Waals surface area contributed by atoms with Crippen molar-refractivity contribution in [1.29, 1.82) is 0 Å². The molecule has 8 heteroatoms. The van der Waals surface area contributed by atoms with Gasteiger partial charge in [-0.3, -0.25) is 9.59 Å². The maximum absolute atomic E-state index is 12.8. The predicted octanol–water partition coefficient (Wildman–Crippen LogP) is 4.22. The smallest absolute Gasteiger partial charge is 0.347 e. The fraction of sp³-hybridized carbons (Fsp3) is 0.263. The van der Waals surface area contributed by atoms with E-state index >= 15 is 0 Å². The summed E-state index contributed by atoms with van der Waals surface area (Å²) < 4.78 is 38.5. The molecule has 1 saturated carbocycles. The summed E-state index contributed by atoms with van der Waals surface area (Å²) in [4.78, 5) is 24.0. The first-order valence-electron chi connectivity index (χ1n) is 8.25. The van der Waals surface area contributed by atoms with Crippen molar-refractivity contribution in [2.45, 2.75) is 18.5 Å². The van der Waals surface area contributed by atoms with E-state index in [2.05, 4.69) is 10.6 Å². The van der Waals surface area contributed by atoms with E-state index in [4.69, 9.17) is 11.6 Å². The third-order valence-electron chi connectivity index (χ3n) is 4.33. The summed E-state index contributed by atoms with van der Waals surface area (Å²) in [6.45, 7) is -0.319. The number of alkyl halides is 3. The van der Waals surface area contributed by atoms with Crippen LogP contribution in [0.25, 0.3) is 0 Å². The molecule has 3 rings (SSSR count). The lowest BCUT2D eigenvalue weighted by Gasteiger charge is -2.12. The summed E-state index contributed by atoms with van der Waals surface area (Å²) in [5.41, 5.74) is -0.00260. The molecule has 0 bridgehead atoms. The normalized spacial score (nSPS) is 18.7. The molecule has 0 saturated heterocycles. The monoisotopic (exact) mass is 396 g/mol. The van der Waals surface area contributed by atoms with Gasteiger partial charge in [-0.25, -0.2) is 0 Å². The average Bonchev–Trinajstić information content (AvgIpc) is 3.42. The lowest BCUT2D eigenvalue weighted by Crippen LogP contribution is -2.34. The van der Waals surface area contributed by atoms with Crippen molar-refractivity contribution in [3.63, 3.8) is 0 Å². The Hall–Kier alpha value is -2.54. The van der Waals surface area contributed by atoms with Gasteiger partial charge in [0.15, 0.2) is 0 Å². The van der Waals surface area contributed by atoms with Crippen molar-refractivity contribution in [2.24, 2.45) is 5.92 Å². The molecule has 0 aromatic heterocycles. The molecule has 2 amide bonds. The molecule has 2 aromatic carbocycles. The second kappa shape index (κ2) is 7.60. The van der Waals surface area contributed by atoms with Crippen LogP contribution in [0.3, 0.4) is 0 Å². The van der Waals surface area contributed by atoms with Gasteiger partial charge in [0.1, 0.15) is 0 Å². The third-order valence-corrected chi connectivity index (χ3v) is 4.66. The molecular formula is C19H16ClF3N2O2. The fourth-order valence-corrected chi connectivity index (χ4v) is 3.10. The Morgan fingerprint density at radius 1 is 1.11 bits per heavy atom. The largest absolute Gasteiger partial charge is 0.417 e. The van der Waals surface area contributed by atoms with Crippen LogP contribution in [0, 0.1) is 5.92 Å². The molecule has 142 valence electrons. The van der Waals surface area contributed by atoms with E-state index < -0.39 is 22.7 Å². The van der Waals surface area contributed by atoms with Crippen molar-refractivity contribution in [1.82, 2.24) is 5.32 Å². The standard InChI is InChI=1S/C19H16ClF3N2O2/c20-16-7-6-12(8-15(16)19(21,22)23)25-17(26)10-24-18(27)14-9-13(14)11-4-2-1-3-5-11/h1-8,13-14H,9-10H2,(H,24,27)(H,25,26). The molecule has 2 atom stereocenters. The maximum Gasteiger partial charge on any atom is 0.417 e. The highest BCUT2D eigenvalue weighted by Crippen LogP contribution is 2.47. The zero-order chi connectivity index (χ0) is 19.6. The number of carbonyl (C=O) groups is 2. The number of benzene rings is 2. The Labute approximate surface area is 158 Å². The van der Waals surface area contributed by atoms with Crippen molar-refractivity contribution in [3.8, 4) is 0 Å². The molecule has 2 N–H and O–H groups in total. The van der Waals surface area contributed by atoms with Crippen LogP contribution in [0.15, 0.2) is 48.5 Å². The van der Waals surface area contributed by atoms with Gasteiger partial charge in [0.05, 0.1) is 17.1 Å². The lowest BCUT2D eigenvalue weighted by atomic mass is 10.1. The minimum atomic E-state index is -4.62. The van der Waals surface area contributed by atoms with Gasteiger partial charge >= 0.3 is 6.18 Å². The highest BCUT2D eigenvalue weighted by molar-refractivity contribution is 6.31. The van der Waals surface area contributed by atoms with Crippen LogP contribution in [-0.2, 0) is 15.8 Å². The summed E-state index contributed by atoms with van der Waals surface area (Å²) >= 11 is 5.54. The topological polar surface area (TPSA) is 58.2 Å². The van der Waals surface area contributed by atoms with Crippen LogP contribution >= 0.6 is 11.6 Å². The second-order valence-corrected chi connectivity index (χ2v) is 6.72. The van der Waals surface area contributed by atoms with Gasteiger partial charge in [-0.05, 0) is 36.1 Å². The number of amides is 2. The van der Waals surface area contributed by atoms with E-state index in [1.165, 1.54) is 6.07 Å². The Balaban J connectivity index is 1.51. The minimum Gasteiger partial charge on any atom is -0.347 e. The number of carbonyl (C=O) groups excluding carboxylic acids is 2. The zero-order valence-electron chi connectivity index (χ0n) is 14.0. The van der Waals surface area contributed by atoms with Crippen LogP contribution in [0.4, 0.5) is 18.9 Å². The number of hydrogen-bond acceptors (Lipinski definition) is 2. The quantitative estimate of drug-likeness (QED) is 0.795. The van der Waals surface area contributed by atoms with Crippen LogP contribution in [0.5, 0.6) is 0 Å². The second-order valence-electron chi connectivity index (χ2n) is 6.32. The summed E-state index contributed by atoms with van der Waals surface area (Å²) in [7, 11) is 0. The van der Waals surface area contributed by atoms with Crippen molar-refractivity contribution in [3.05, 3.63) is 64.7 Å². The molecule has 0 radical (unpaired) electrons. The molecule has 1 aliphatic rings. The molecule has 2 unspecified atom stereocenters. The van der Waals surface area contributed by atoms with E-state index in [0.29, 0.717) is 6.42 Å². The van der Waals surface area contributed by atoms with Crippen molar-refractivity contribution in [2.75, 3.05) is 11.9 Å². The molecule has 0 aliphatic heterocycles. The first kappa shape index (κ1) is 19.2. The van der Waals surface area contributed by atoms with Crippen LogP contribution in [0.1, 0.15) is 23.5 Å². The highest BCUT2D eigenvalue weighted by Gasteiger charge is 2.43. The maximum atomic E-state index is 12.8. The van der Waals surface area contributed by atoms with Crippen molar-refractivity contribution < 1.29 is 22.8 Å². The molecule has 4 nitrogen and oxygen atoms in total. The van der Waals surface area contributed by atoms with E-state index in [9.17, 15) is 22.8 Å². The van der Waals surface area contributed by atoms with E-state index in [1.807, 2.05) is 30.3 Å². The lowest BCUT2D eigenvalue weighted by molar-refractivity contribution is -0.137. The summed E-state index contributed by atoms with van der Waals surface area (Å²) in [5.74, 6) is -0.908. The highest BCUT2D eigenvalue weighted by atomic mass is 35.5. The van der Waals surface area contributed by atoms with Gasteiger partial charge in [0.25, 0.3) is 0 Å². The van der Waals surface area contributed by atoms with Gasteiger partial charge in [0.2, 0.25) is 11.8 Å². The number of hydrogen-bond donors (Lipinski definition) is 2. The van der Waals surface area contributed by atoms with Gasteiger partial charge in [-0.1, -0.05) is 41.9 Å². The van der Waals surface area contributed by atoms with E-state index in [-0.39, 0.29) is 30.0 Å². The first-order chi connectivity index (χ1) is 12.8. The number of anilines is 1. The van der Waals surface area contributed by atoms with E-state index in [0.717, 1.165) is 17.7 Å². The summed E-state index contributed by atoms with van der Waals surface area (Å²) in [6.07, 6.45) is -3.91. The SMILES string of the molecule is O=C(CNC(=O)C1CC1c1ccccc1)Nc1ccc(Cl)c(C(F)(F)F)c1. The van der Waals surface area contributed by atoms with Crippen molar-refractivity contribution >= 4 is 29.1 Å². The average molecular weight is 397 g/mol. The van der Waals surface area contributed by atoms with Crippen LogP contribution in [0.2, 0.25) is 5.02 Å². The molecule has 2 aromatic rings. The molecule has 1 aliphatic carbocycles. The van der Waals surface area contributed by atoms with Gasteiger partial charge < -0.3 is 10.6 Å². The zero-order valence-corrected chi connectivity index (χ0v) is 14.8. The molecule has 0 heterocycles. The Bertz CT molecular complexity index is 856. The predicted molar refractivity (Wildman–Crippen MR) is 95.4 cm³/mol. The Morgan fingerprint density at radius 3 is 2.48 bits per heavy atom. The summed E-state index contributed by atoms with van der Waals surface area (Å²) in [5, 5.41) is 4.40. The number of rotatable bonds is 5. The van der Waals surface area contributed by atoms with E-state index in [1.54, 1.807) is 0 Å². The molecule has 0 spiro atoms. The molecule has 27 heavy (non-hydrogen) atoms. The molecule has 1 fully saturated rings. The van der Waals surface area contributed by atoms with Crippen LogP contribution in [-0.4, -0.2) is 18.4 Å². The van der Waals surface area contributed by atoms with Gasteiger partial charge in [-0.15, -0.1) is 0 Å². The minimum absolute atomic E-state index is 0.0421. The Kier molecular flexibility index (Phi) is 5.41. The molecular weight excluding hydrogens is 381 g/mol. The fourth-order valence-electron chi connectivity index (χ4n) is 2.88. The Morgan fingerprint density at radius 2 is 1.81 bits per heavy atom. The first-order valence-corrected chi connectivity index (χ1v) is 8.63.